The Labute approximate surface area is 130 Å². The van der Waals surface area contributed by atoms with Gasteiger partial charge in [0.1, 0.15) is 0 Å². The number of carbonyl (C=O) groups is 1. The van der Waals surface area contributed by atoms with Gasteiger partial charge in [-0.2, -0.15) is 0 Å². The van der Waals surface area contributed by atoms with Crippen molar-refractivity contribution >= 4 is 17.5 Å². The molecule has 0 saturated heterocycles. The average Bonchev–Trinajstić information content (AvgIpc) is 2.48. The molecule has 0 fully saturated rings. The third-order valence-corrected chi connectivity index (χ3v) is 3.25. The van der Waals surface area contributed by atoms with Crippen LogP contribution in [0.15, 0.2) is 12.1 Å². The van der Waals surface area contributed by atoms with Crippen LogP contribution in [-0.2, 0) is 11.3 Å². The number of ether oxygens (including phenoxy) is 2. The number of methoxy groups -OCH3 is 1. The summed E-state index contributed by atoms with van der Waals surface area (Å²) in [6, 6.07) is 3.35. The molecule has 118 valence electrons. The number of rotatable bonds is 8. The van der Waals surface area contributed by atoms with E-state index in [1.165, 1.54) is 7.11 Å². The Morgan fingerprint density at radius 3 is 2.76 bits per heavy atom. The predicted octanol–water partition coefficient (Wildman–Crippen LogP) is 2.49. The molecule has 1 aromatic carbocycles. The van der Waals surface area contributed by atoms with E-state index in [0.29, 0.717) is 28.6 Å². The van der Waals surface area contributed by atoms with Crippen molar-refractivity contribution < 1.29 is 14.3 Å². The van der Waals surface area contributed by atoms with Crippen LogP contribution in [0.1, 0.15) is 32.3 Å². The number of benzene rings is 1. The summed E-state index contributed by atoms with van der Waals surface area (Å²) in [5, 5.41) is 3.34. The van der Waals surface area contributed by atoms with Crippen LogP contribution in [0.25, 0.3) is 0 Å². The highest BCUT2D eigenvalue weighted by Gasteiger charge is 2.19. The summed E-state index contributed by atoms with van der Waals surface area (Å²) in [7, 11) is 1.52. The molecule has 0 aliphatic heterocycles. The van der Waals surface area contributed by atoms with Gasteiger partial charge < -0.3 is 20.5 Å². The lowest BCUT2D eigenvalue weighted by Crippen LogP contribution is -2.37. The topological polar surface area (TPSA) is 73.6 Å². The molecule has 1 atom stereocenters. The van der Waals surface area contributed by atoms with E-state index in [1.807, 2.05) is 0 Å². The fourth-order valence-corrected chi connectivity index (χ4v) is 2.05. The maximum atomic E-state index is 12.0. The van der Waals surface area contributed by atoms with Crippen molar-refractivity contribution in [3.63, 3.8) is 0 Å². The van der Waals surface area contributed by atoms with Crippen molar-refractivity contribution in [2.45, 2.75) is 39.3 Å². The highest BCUT2D eigenvalue weighted by Crippen LogP contribution is 2.35. The van der Waals surface area contributed by atoms with Crippen molar-refractivity contribution in [1.29, 1.82) is 0 Å². The van der Waals surface area contributed by atoms with E-state index in [4.69, 9.17) is 26.8 Å². The van der Waals surface area contributed by atoms with E-state index in [-0.39, 0.29) is 12.5 Å². The summed E-state index contributed by atoms with van der Waals surface area (Å²) in [6.45, 7) is 4.65. The zero-order valence-electron chi connectivity index (χ0n) is 12.7. The molecule has 0 spiro atoms. The molecule has 0 saturated carbocycles. The first-order chi connectivity index (χ1) is 10.0. The van der Waals surface area contributed by atoms with Crippen molar-refractivity contribution in [2.75, 3.05) is 13.7 Å². The molecular weight excluding hydrogens is 292 g/mol. The molecule has 1 amide bonds. The normalized spacial score (nSPS) is 11.9. The van der Waals surface area contributed by atoms with Gasteiger partial charge in [-0.3, -0.25) is 4.79 Å². The van der Waals surface area contributed by atoms with Crippen molar-refractivity contribution in [1.82, 2.24) is 5.32 Å². The third kappa shape index (κ3) is 5.10. The minimum absolute atomic E-state index is 0.163. The molecule has 1 unspecified atom stereocenters. The average molecular weight is 315 g/mol. The smallest absolute Gasteiger partial charge is 0.260 e. The van der Waals surface area contributed by atoms with Gasteiger partial charge in [0.15, 0.2) is 17.6 Å². The molecule has 0 bridgehead atoms. The zero-order chi connectivity index (χ0) is 15.8. The minimum atomic E-state index is -0.637. The molecular formula is C15H23ClN2O3. The molecule has 0 heterocycles. The SMILES string of the molecule is CCCCNC(=O)C(C)Oc1c(CN)cc(Cl)cc1OC. The van der Waals surface area contributed by atoms with Crippen LogP contribution in [0.2, 0.25) is 5.02 Å². The number of hydrogen-bond acceptors (Lipinski definition) is 4. The molecule has 1 rings (SSSR count). The van der Waals surface area contributed by atoms with Crippen molar-refractivity contribution in [3.05, 3.63) is 22.7 Å². The number of unbranched alkanes of at least 4 members (excludes halogenated alkanes) is 1. The summed E-state index contributed by atoms with van der Waals surface area (Å²) in [5.74, 6) is 0.766. The molecule has 6 heteroatoms. The summed E-state index contributed by atoms with van der Waals surface area (Å²) >= 11 is 5.99. The van der Waals surface area contributed by atoms with E-state index in [9.17, 15) is 4.79 Å². The van der Waals surface area contributed by atoms with Crippen LogP contribution in [-0.4, -0.2) is 25.7 Å². The zero-order valence-corrected chi connectivity index (χ0v) is 13.5. The third-order valence-electron chi connectivity index (χ3n) is 3.03. The van der Waals surface area contributed by atoms with E-state index in [1.54, 1.807) is 19.1 Å². The molecule has 0 aromatic heterocycles. The van der Waals surface area contributed by atoms with Crippen LogP contribution in [0.5, 0.6) is 11.5 Å². The Kier molecular flexibility index (Phi) is 7.32. The summed E-state index contributed by atoms with van der Waals surface area (Å²) in [5.41, 5.74) is 6.40. The van der Waals surface area contributed by atoms with Crippen LogP contribution in [0.3, 0.4) is 0 Å². The molecule has 5 nitrogen and oxygen atoms in total. The minimum Gasteiger partial charge on any atom is -0.493 e. The standard InChI is InChI=1S/C15H23ClN2O3/c1-4-5-6-18-15(19)10(2)21-14-11(9-17)7-12(16)8-13(14)20-3/h7-8,10H,4-6,9,17H2,1-3H3,(H,18,19). The van der Waals surface area contributed by atoms with Crippen LogP contribution in [0, 0.1) is 0 Å². The molecule has 3 N–H and O–H groups in total. The van der Waals surface area contributed by atoms with Gasteiger partial charge in [-0.25, -0.2) is 0 Å². The first-order valence-corrected chi connectivity index (χ1v) is 7.42. The molecule has 21 heavy (non-hydrogen) atoms. The number of halogens is 1. The maximum Gasteiger partial charge on any atom is 0.260 e. The number of carbonyl (C=O) groups excluding carboxylic acids is 1. The summed E-state index contributed by atoms with van der Waals surface area (Å²) in [4.78, 5) is 12.0. The highest BCUT2D eigenvalue weighted by atomic mass is 35.5. The number of nitrogens with two attached hydrogens (primary N) is 1. The maximum absolute atomic E-state index is 12.0. The van der Waals surface area contributed by atoms with E-state index in [2.05, 4.69) is 12.2 Å². The quantitative estimate of drug-likeness (QED) is 0.723. The summed E-state index contributed by atoms with van der Waals surface area (Å²) in [6.07, 6.45) is 1.33. The summed E-state index contributed by atoms with van der Waals surface area (Å²) < 4.78 is 11.0. The Hall–Kier alpha value is -1.46. The molecule has 0 radical (unpaired) electrons. The van der Waals surface area contributed by atoms with Crippen molar-refractivity contribution in [2.24, 2.45) is 5.73 Å². The van der Waals surface area contributed by atoms with Crippen LogP contribution in [0.4, 0.5) is 0 Å². The number of hydrogen-bond donors (Lipinski definition) is 2. The van der Waals surface area contributed by atoms with Crippen molar-refractivity contribution in [3.8, 4) is 11.5 Å². The van der Waals surface area contributed by atoms with Crippen LogP contribution < -0.4 is 20.5 Å². The van der Waals surface area contributed by atoms with E-state index in [0.717, 1.165) is 12.8 Å². The van der Waals surface area contributed by atoms with Gasteiger partial charge in [-0.05, 0) is 19.4 Å². The Balaban J connectivity index is 2.83. The lowest BCUT2D eigenvalue weighted by Gasteiger charge is -2.19. The van der Waals surface area contributed by atoms with E-state index < -0.39 is 6.10 Å². The van der Waals surface area contributed by atoms with Crippen LogP contribution >= 0.6 is 11.6 Å². The predicted molar refractivity (Wildman–Crippen MR) is 83.9 cm³/mol. The first-order valence-electron chi connectivity index (χ1n) is 7.04. The first kappa shape index (κ1) is 17.6. The fourth-order valence-electron chi connectivity index (χ4n) is 1.82. The fraction of sp³-hybridized carbons (Fsp3) is 0.533. The van der Waals surface area contributed by atoms with E-state index >= 15 is 0 Å². The molecule has 0 aliphatic rings. The van der Waals surface area contributed by atoms with Gasteiger partial charge >= 0.3 is 0 Å². The van der Waals surface area contributed by atoms with Gasteiger partial charge in [0.25, 0.3) is 5.91 Å². The Morgan fingerprint density at radius 1 is 1.48 bits per heavy atom. The van der Waals surface area contributed by atoms with Gasteiger partial charge in [-0.1, -0.05) is 24.9 Å². The second-order valence-corrected chi connectivity index (χ2v) is 5.14. The van der Waals surface area contributed by atoms with Gasteiger partial charge in [0.05, 0.1) is 7.11 Å². The second kappa shape index (κ2) is 8.74. The van der Waals surface area contributed by atoms with Gasteiger partial charge in [0, 0.05) is 29.7 Å². The lowest BCUT2D eigenvalue weighted by molar-refractivity contribution is -0.127. The molecule has 0 aliphatic carbocycles. The monoisotopic (exact) mass is 314 g/mol. The molecule has 1 aromatic rings. The Bertz CT molecular complexity index is 455. The number of amides is 1. The highest BCUT2D eigenvalue weighted by molar-refractivity contribution is 6.30. The van der Waals surface area contributed by atoms with Gasteiger partial charge in [0.2, 0.25) is 0 Å². The second-order valence-electron chi connectivity index (χ2n) is 4.71. The van der Waals surface area contributed by atoms with Gasteiger partial charge in [-0.15, -0.1) is 0 Å². The lowest BCUT2D eigenvalue weighted by atomic mass is 10.2. The largest absolute Gasteiger partial charge is 0.493 e. The number of nitrogens with one attached hydrogen (secondary N) is 1. The Morgan fingerprint density at radius 2 is 2.19 bits per heavy atom.